The molecule has 1 aliphatic heterocycles. The Morgan fingerprint density at radius 1 is 0.833 bits per heavy atom. The largest absolute Gasteiger partial charge is 0.368 e. The van der Waals surface area contributed by atoms with Crippen molar-refractivity contribution < 1.29 is 4.74 Å². The highest BCUT2D eigenvalue weighted by molar-refractivity contribution is 6.66. The lowest BCUT2D eigenvalue weighted by molar-refractivity contribution is 0.204. The van der Waals surface area contributed by atoms with Gasteiger partial charge in [-0.1, -0.05) is 46.4 Å². The molecular formula is C10H5Cl7O. The van der Waals surface area contributed by atoms with Crippen molar-refractivity contribution in [1.82, 2.24) is 0 Å². The van der Waals surface area contributed by atoms with Gasteiger partial charge in [0.2, 0.25) is 0 Å². The minimum Gasteiger partial charge on any atom is -0.368 e. The van der Waals surface area contributed by atoms with E-state index in [-0.39, 0.29) is 39.5 Å². The Hall–Kier alpha value is 1.73. The molecule has 0 aromatic carbocycles. The molecule has 2 saturated carbocycles. The molecule has 3 fully saturated rings. The van der Waals surface area contributed by atoms with Crippen molar-refractivity contribution in [2.45, 2.75) is 31.7 Å². The van der Waals surface area contributed by atoms with Crippen LogP contribution < -0.4 is 0 Å². The first-order valence-corrected chi connectivity index (χ1v) is 8.02. The highest BCUT2D eigenvalue weighted by Gasteiger charge is 2.89. The fraction of sp³-hybridized carbons (Fsp3) is 0.800. The molecule has 1 nitrogen and oxygen atoms in total. The summed E-state index contributed by atoms with van der Waals surface area (Å²) >= 11 is 45.0. The summed E-state index contributed by atoms with van der Waals surface area (Å²) in [6, 6.07) is 0. The average molecular weight is 389 g/mol. The van der Waals surface area contributed by atoms with Crippen molar-refractivity contribution in [1.29, 1.82) is 0 Å². The number of epoxide rings is 1. The number of hydrogen-bond acceptors (Lipinski definition) is 1. The average Bonchev–Trinajstić information content (AvgIpc) is 2.98. The van der Waals surface area contributed by atoms with Gasteiger partial charge >= 0.3 is 0 Å². The van der Waals surface area contributed by atoms with Crippen molar-refractivity contribution in [3.63, 3.8) is 0 Å². The van der Waals surface area contributed by atoms with E-state index in [0.717, 1.165) is 0 Å². The second-order valence-electron chi connectivity index (χ2n) is 5.19. The maximum atomic E-state index is 6.65. The SMILES string of the molecule is ClC1=C(Cl)[C@]2(Cl)[C@@H]3[C@@H](Cl)[C@H]4O[C@H]4[C@@H]3C1(Cl)C2(Cl)Cl. The molecule has 1 unspecified atom stereocenters. The molecule has 100 valence electrons. The van der Waals surface area contributed by atoms with E-state index in [2.05, 4.69) is 0 Å². The van der Waals surface area contributed by atoms with Gasteiger partial charge < -0.3 is 4.74 Å². The number of alkyl halides is 5. The first-order valence-electron chi connectivity index (χ1n) is 5.32. The van der Waals surface area contributed by atoms with Gasteiger partial charge in [0.25, 0.3) is 0 Å². The summed E-state index contributed by atoms with van der Waals surface area (Å²) in [6.07, 6.45) is -0.152. The number of fused-ring (bicyclic) bond motifs is 7. The second-order valence-corrected chi connectivity index (χ2v) is 8.97. The third-order valence-corrected chi connectivity index (χ3v) is 9.44. The first kappa shape index (κ1) is 13.4. The van der Waals surface area contributed by atoms with Gasteiger partial charge in [-0.2, -0.15) is 0 Å². The summed E-state index contributed by atoms with van der Waals surface area (Å²) in [5.41, 5.74) is 0. The van der Waals surface area contributed by atoms with Gasteiger partial charge in [0, 0.05) is 11.8 Å². The van der Waals surface area contributed by atoms with Gasteiger partial charge in [-0.25, -0.2) is 0 Å². The van der Waals surface area contributed by atoms with E-state index in [9.17, 15) is 0 Å². The summed E-state index contributed by atoms with van der Waals surface area (Å²) in [5.74, 6) is -0.457. The van der Waals surface area contributed by atoms with E-state index in [0.29, 0.717) is 0 Å². The summed E-state index contributed by atoms with van der Waals surface area (Å²) in [7, 11) is 0. The van der Waals surface area contributed by atoms with Gasteiger partial charge in [0.15, 0.2) is 4.33 Å². The number of halogens is 7. The Kier molecular flexibility index (Phi) is 2.52. The third kappa shape index (κ3) is 1.02. The summed E-state index contributed by atoms with van der Waals surface area (Å²) in [4.78, 5) is -2.48. The molecule has 0 N–H and O–H groups in total. The second kappa shape index (κ2) is 3.38. The maximum Gasteiger partial charge on any atom is 0.166 e. The molecule has 2 bridgehead atoms. The van der Waals surface area contributed by atoms with Crippen LogP contribution in [0.25, 0.3) is 0 Å². The van der Waals surface area contributed by atoms with Crippen molar-refractivity contribution in [3.05, 3.63) is 10.1 Å². The Balaban J connectivity index is 2.01. The molecule has 0 radical (unpaired) electrons. The molecular weight excluding hydrogens is 384 g/mol. The Morgan fingerprint density at radius 3 is 1.89 bits per heavy atom. The molecule has 0 spiro atoms. The molecule has 3 aliphatic carbocycles. The van der Waals surface area contributed by atoms with Gasteiger partial charge in [-0.3, -0.25) is 0 Å². The van der Waals surface area contributed by atoms with E-state index < -0.39 is 14.1 Å². The molecule has 8 heteroatoms. The smallest absolute Gasteiger partial charge is 0.166 e. The van der Waals surface area contributed by atoms with E-state index >= 15 is 0 Å². The fourth-order valence-electron chi connectivity index (χ4n) is 3.80. The van der Waals surface area contributed by atoms with Crippen molar-refractivity contribution >= 4 is 81.2 Å². The van der Waals surface area contributed by atoms with E-state index in [1.807, 2.05) is 0 Å². The number of hydrogen-bond donors (Lipinski definition) is 0. The van der Waals surface area contributed by atoms with E-state index in [1.54, 1.807) is 0 Å². The monoisotopic (exact) mass is 386 g/mol. The molecule has 1 saturated heterocycles. The predicted octanol–water partition coefficient (Wildman–Crippen LogP) is 4.45. The van der Waals surface area contributed by atoms with Crippen LogP contribution in [-0.2, 0) is 4.74 Å². The minimum atomic E-state index is -1.50. The van der Waals surface area contributed by atoms with Crippen LogP contribution in [0, 0.1) is 11.8 Å². The molecule has 18 heavy (non-hydrogen) atoms. The lowest BCUT2D eigenvalue weighted by Crippen LogP contribution is -2.46. The van der Waals surface area contributed by atoms with Gasteiger partial charge in [0.1, 0.15) is 15.9 Å². The fourth-order valence-corrected chi connectivity index (χ4v) is 7.49. The number of rotatable bonds is 0. The van der Waals surface area contributed by atoms with Crippen LogP contribution in [0.15, 0.2) is 10.1 Å². The number of allylic oxidation sites excluding steroid dienone is 2. The zero-order chi connectivity index (χ0) is 13.2. The van der Waals surface area contributed by atoms with Crippen LogP contribution in [0.1, 0.15) is 0 Å². The topological polar surface area (TPSA) is 12.5 Å². The summed E-state index contributed by atoms with van der Waals surface area (Å²) in [6.45, 7) is 0. The van der Waals surface area contributed by atoms with Gasteiger partial charge in [-0.15, -0.1) is 34.8 Å². The summed E-state index contributed by atoms with van der Waals surface area (Å²) in [5, 5.41) is 0.111. The highest BCUT2D eigenvalue weighted by Crippen LogP contribution is 2.81. The Bertz CT molecular complexity index is 476. The molecule has 4 aliphatic rings. The van der Waals surface area contributed by atoms with E-state index in [4.69, 9.17) is 85.9 Å². The standard InChI is InChI=1S/C10H5Cl7O/c11-3-1-2(4-5(3)18-4)9(15)7(13)6(12)8(1,14)10(9,16)17/h1-5H/t1-,2+,3+,4-,5+,8+,9?/m0/s1. The normalized spacial score (nSPS) is 63.2. The molecule has 4 rings (SSSR count). The molecule has 0 aromatic rings. The highest BCUT2D eigenvalue weighted by atomic mass is 35.5. The minimum absolute atomic E-state index is 0.0608. The molecule has 0 aromatic heterocycles. The third-order valence-electron chi connectivity index (χ3n) is 4.62. The lowest BCUT2D eigenvalue weighted by atomic mass is 9.83. The van der Waals surface area contributed by atoms with Crippen LogP contribution in [0.3, 0.4) is 0 Å². The van der Waals surface area contributed by atoms with Crippen molar-refractivity contribution in [2.75, 3.05) is 0 Å². The Morgan fingerprint density at radius 2 is 1.33 bits per heavy atom. The van der Waals surface area contributed by atoms with Crippen LogP contribution in [-0.4, -0.2) is 31.7 Å². The zero-order valence-corrected chi connectivity index (χ0v) is 13.7. The van der Waals surface area contributed by atoms with E-state index in [1.165, 1.54) is 0 Å². The van der Waals surface area contributed by atoms with Crippen LogP contribution in [0.4, 0.5) is 0 Å². The first-order chi connectivity index (χ1) is 8.20. The molecule has 7 atom stereocenters. The maximum absolute atomic E-state index is 6.65. The summed E-state index contributed by atoms with van der Waals surface area (Å²) < 4.78 is 4.00. The quantitative estimate of drug-likeness (QED) is 0.441. The van der Waals surface area contributed by atoms with Crippen LogP contribution in [0.2, 0.25) is 0 Å². The zero-order valence-electron chi connectivity index (χ0n) is 8.44. The predicted molar refractivity (Wildman–Crippen MR) is 75.6 cm³/mol. The van der Waals surface area contributed by atoms with Crippen LogP contribution in [0.5, 0.6) is 0 Å². The van der Waals surface area contributed by atoms with Gasteiger partial charge in [0.05, 0.1) is 21.5 Å². The Labute approximate surface area is 139 Å². The lowest BCUT2D eigenvalue weighted by Gasteiger charge is -2.35. The van der Waals surface area contributed by atoms with Crippen LogP contribution >= 0.6 is 81.2 Å². The van der Waals surface area contributed by atoms with Crippen molar-refractivity contribution in [3.8, 4) is 0 Å². The van der Waals surface area contributed by atoms with Gasteiger partial charge in [-0.05, 0) is 0 Å². The molecule has 0 amide bonds. The molecule has 1 heterocycles. The number of ether oxygens (including phenoxy) is 1. The van der Waals surface area contributed by atoms with Crippen molar-refractivity contribution in [2.24, 2.45) is 11.8 Å².